The minimum atomic E-state index is -3.19. The van der Waals surface area contributed by atoms with Gasteiger partial charge < -0.3 is 18.9 Å². The minimum absolute atomic E-state index is 0.0677. The lowest BCUT2D eigenvalue weighted by Gasteiger charge is -2.21. The smallest absolute Gasteiger partial charge is 0.369 e. The molecule has 1 fully saturated rings. The Morgan fingerprint density at radius 3 is 2.47 bits per heavy atom. The first-order valence-electron chi connectivity index (χ1n) is 4.93. The quantitative estimate of drug-likeness (QED) is 0.729. The summed E-state index contributed by atoms with van der Waals surface area (Å²) in [6, 6.07) is 0. The van der Waals surface area contributed by atoms with E-state index < -0.39 is 12.8 Å². The van der Waals surface area contributed by atoms with Gasteiger partial charge in [-0.05, 0) is 13.8 Å². The third kappa shape index (κ3) is 3.44. The van der Waals surface area contributed by atoms with Crippen LogP contribution in [0, 0.1) is 0 Å². The second-order valence-electron chi connectivity index (χ2n) is 2.96. The molecule has 1 N–H and O–H groups in total. The van der Waals surface area contributed by atoms with Crippen molar-refractivity contribution in [2.24, 2.45) is 0 Å². The summed E-state index contributed by atoms with van der Waals surface area (Å²) in [6.45, 7) is 4.09. The molecule has 7 heteroatoms. The molecule has 1 aliphatic heterocycles. The average molecular weight is 256 g/mol. The Bertz CT molecular complexity index is 227. The summed E-state index contributed by atoms with van der Waals surface area (Å²) in [4.78, 5) is 0. The summed E-state index contributed by atoms with van der Waals surface area (Å²) in [6.07, 6.45) is -0.269. The molecule has 5 nitrogen and oxygen atoms in total. The second kappa shape index (κ2) is 6.23. The number of rotatable bonds is 6. The zero-order chi connectivity index (χ0) is 11.3. The highest BCUT2D eigenvalue weighted by atomic mass is 32.2. The maximum Gasteiger partial charge on any atom is 0.369 e. The molecule has 0 spiro atoms. The van der Waals surface area contributed by atoms with E-state index in [4.69, 9.17) is 18.9 Å². The van der Waals surface area contributed by atoms with Gasteiger partial charge in [-0.25, -0.2) is 0 Å². The van der Waals surface area contributed by atoms with Crippen LogP contribution in [0.1, 0.15) is 13.8 Å². The third-order valence-electron chi connectivity index (χ3n) is 1.81. The molecule has 1 aliphatic rings. The lowest BCUT2D eigenvalue weighted by molar-refractivity contribution is 0.0392. The molecule has 0 aromatic heterocycles. The van der Waals surface area contributed by atoms with Gasteiger partial charge in [0.05, 0.1) is 25.9 Å². The number of hydrogen-bond acceptors (Lipinski definition) is 6. The molecule has 0 aliphatic carbocycles. The van der Waals surface area contributed by atoms with Crippen molar-refractivity contribution in [2.45, 2.75) is 25.1 Å². The maximum atomic E-state index is 12.2. The molecule has 0 aromatic carbocycles. The Balaban J connectivity index is 2.61. The van der Waals surface area contributed by atoms with Crippen molar-refractivity contribution in [3.8, 4) is 0 Å². The first-order valence-corrected chi connectivity index (χ1v) is 7.59. The zero-order valence-electron chi connectivity index (χ0n) is 8.92. The zero-order valence-corrected chi connectivity index (χ0v) is 10.6. The molecule has 1 rings (SSSR count). The van der Waals surface area contributed by atoms with Crippen molar-refractivity contribution >= 4 is 19.4 Å². The standard InChI is InChI=1S/C8H17O5PS/c1-3-11-14(10,12-4-2)8-13-7(5-9)6-15-8/h7-9H,3-6H2,1-2H3/t7-,8+/m0/s1. The van der Waals surface area contributed by atoms with E-state index >= 15 is 0 Å². The Labute approximate surface area is 94.0 Å². The van der Waals surface area contributed by atoms with E-state index in [0.717, 1.165) is 0 Å². The number of ether oxygens (including phenoxy) is 1. The van der Waals surface area contributed by atoms with Crippen molar-refractivity contribution < 1.29 is 23.5 Å². The molecule has 1 heterocycles. The minimum Gasteiger partial charge on any atom is -0.394 e. The van der Waals surface area contributed by atoms with Crippen LogP contribution in [-0.4, -0.2) is 42.0 Å². The molecule has 0 bridgehead atoms. The monoisotopic (exact) mass is 256 g/mol. The highest BCUT2D eigenvalue weighted by Gasteiger charge is 2.42. The van der Waals surface area contributed by atoms with Crippen LogP contribution in [0.2, 0.25) is 0 Å². The van der Waals surface area contributed by atoms with Crippen molar-refractivity contribution in [1.29, 1.82) is 0 Å². The predicted molar refractivity (Wildman–Crippen MR) is 59.1 cm³/mol. The van der Waals surface area contributed by atoms with Gasteiger partial charge in [0, 0.05) is 5.75 Å². The number of hydrogen-bond donors (Lipinski definition) is 1. The summed E-state index contributed by atoms with van der Waals surface area (Å²) in [5, 5.41) is 8.30. The van der Waals surface area contributed by atoms with Crippen molar-refractivity contribution in [1.82, 2.24) is 0 Å². The first-order chi connectivity index (χ1) is 7.16. The van der Waals surface area contributed by atoms with Gasteiger partial charge in [-0.3, -0.25) is 4.57 Å². The molecule has 1 saturated heterocycles. The van der Waals surface area contributed by atoms with Gasteiger partial charge >= 0.3 is 7.60 Å². The van der Waals surface area contributed by atoms with E-state index in [2.05, 4.69) is 0 Å². The third-order valence-corrected chi connectivity index (χ3v) is 5.87. The Morgan fingerprint density at radius 1 is 1.47 bits per heavy atom. The molecular formula is C8H17O5PS. The lowest BCUT2D eigenvalue weighted by Crippen LogP contribution is -2.17. The van der Waals surface area contributed by atoms with Crippen LogP contribution < -0.4 is 0 Å². The van der Waals surface area contributed by atoms with E-state index in [9.17, 15) is 4.57 Å². The molecular weight excluding hydrogens is 239 g/mol. The van der Waals surface area contributed by atoms with Crippen LogP contribution in [0.3, 0.4) is 0 Å². The second-order valence-corrected chi connectivity index (χ2v) is 6.47. The highest BCUT2D eigenvalue weighted by Crippen LogP contribution is 2.59. The van der Waals surface area contributed by atoms with Crippen molar-refractivity contribution in [3.05, 3.63) is 0 Å². The lowest BCUT2D eigenvalue weighted by atomic mass is 10.4. The molecule has 2 atom stereocenters. The SMILES string of the molecule is CCOP(=O)(OCC)[C@H]1O[C@@H](CO)CS1. The van der Waals surface area contributed by atoms with Gasteiger partial charge in [0.2, 0.25) is 5.18 Å². The first kappa shape index (κ1) is 13.5. The van der Waals surface area contributed by atoms with Crippen LogP contribution in [0.15, 0.2) is 0 Å². The summed E-state index contributed by atoms with van der Waals surface area (Å²) in [5.41, 5.74) is 0. The number of aliphatic hydroxyl groups excluding tert-OH is 1. The Hall–Kier alpha value is 0.420. The maximum absolute atomic E-state index is 12.2. The molecule has 0 unspecified atom stereocenters. The van der Waals surface area contributed by atoms with Gasteiger partial charge in [-0.15, -0.1) is 11.8 Å². The predicted octanol–water partition coefficient (Wildman–Crippen LogP) is 1.66. The van der Waals surface area contributed by atoms with Crippen LogP contribution in [0.5, 0.6) is 0 Å². The fraction of sp³-hybridized carbons (Fsp3) is 1.00. The van der Waals surface area contributed by atoms with Crippen LogP contribution >= 0.6 is 19.4 Å². The number of thioether (sulfide) groups is 1. The Kier molecular flexibility index (Phi) is 5.60. The Morgan fingerprint density at radius 2 is 2.07 bits per heavy atom. The van der Waals surface area contributed by atoms with Crippen molar-refractivity contribution in [2.75, 3.05) is 25.6 Å². The van der Waals surface area contributed by atoms with E-state index in [1.807, 2.05) is 0 Å². The van der Waals surface area contributed by atoms with Gasteiger partial charge in [0.15, 0.2) is 0 Å². The van der Waals surface area contributed by atoms with Gasteiger partial charge in [-0.1, -0.05) is 0 Å². The molecule has 0 aromatic rings. The summed E-state index contributed by atoms with van der Waals surface area (Å²) < 4.78 is 27.9. The van der Waals surface area contributed by atoms with E-state index in [1.165, 1.54) is 11.8 Å². The molecule has 0 amide bonds. The molecule has 15 heavy (non-hydrogen) atoms. The van der Waals surface area contributed by atoms with Crippen molar-refractivity contribution in [3.63, 3.8) is 0 Å². The van der Waals surface area contributed by atoms with E-state index in [-0.39, 0.29) is 12.7 Å². The van der Waals surface area contributed by atoms with Gasteiger partial charge in [0.25, 0.3) is 0 Å². The van der Waals surface area contributed by atoms with E-state index in [1.54, 1.807) is 13.8 Å². The molecule has 0 saturated carbocycles. The largest absolute Gasteiger partial charge is 0.394 e. The molecule has 0 radical (unpaired) electrons. The fourth-order valence-corrected chi connectivity index (χ4v) is 4.72. The normalized spacial score (nSPS) is 27.1. The topological polar surface area (TPSA) is 65.0 Å². The highest BCUT2D eigenvalue weighted by molar-refractivity contribution is 8.05. The summed E-state index contributed by atoms with van der Waals surface area (Å²) in [7, 11) is -3.19. The van der Waals surface area contributed by atoms with Gasteiger partial charge in [-0.2, -0.15) is 0 Å². The van der Waals surface area contributed by atoms with Crippen LogP contribution in [0.4, 0.5) is 0 Å². The fourth-order valence-electron chi connectivity index (χ4n) is 1.21. The van der Waals surface area contributed by atoms with E-state index in [0.29, 0.717) is 19.0 Å². The number of aliphatic hydroxyl groups is 1. The summed E-state index contributed by atoms with van der Waals surface area (Å²) >= 11 is 1.37. The van der Waals surface area contributed by atoms with Crippen LogP contribution in [-0.2, 0) is 18.3 Å². The summed E-state index contributed by atoms with van der Waals surface area (Å²) in [5.74, 6) is 0.616. The average Bonchev–Trinajstić information content (AvgIpc) is 2.67. The van der Waals surface area contributed by atoms with Gasteiger partial charge in [0.1, 0.15) is 0 Å². The molecule has 90 valence electrons. The van der Waals surface area contributed by atoms with Crippen LogP contribution in [0.25, 0.3) is 0 Å².